The predicted octanol–water partition coefficient (Wildman–Crippen LogP) is 5.38. The maximum Gasteiger partial charge on any atom is 0.335 e. The average Bonchev–Trinajstić information content (AvgIpc) is 2.81. The van der Waals surface area contributed by atoms with Gasteiger partial charge in [-0.25, -0.2) is 9.69 Å². The van der Waals surface area contributed by atoms with Gasteiger partial charge in [0.15, 0.2) is 0 Å². The highest BCUT2D eigenvalue weighted by molar-refractivity contribution is 6.37. The van der Waals surface area contributed by atoms with E-state index in [2.05, 4.69) is 17.4 Å². The number of benzene rings is 2. The van der Waals surface area contributed by atoms with Crippen LogP contribution in [-0.4, -0.2) is 17.8 Å². The lowest BCUT2D eigenvalue weighted by Crippen LogP contribution is -2.54. The van der Waals surface area contributed by atoms with Crippen LogP contribution in [0.25, 0.3) is 6.08 Å². The van der Waals surface area contributed by atoms with Crippen LogP contribution in [0.2, 0.25) is 0 Å². The van der Waals surface area contributed by atoms with E-state index in [0.717, 1.165) is 28.2 Å². The van der Waals surface area contributed by atoms with Crippen molar-refractivity contribution in [2.24, 2.45) is 17.8 Å². The Balaban J connectivity index is 1.25. The minimum Gasteiger partial charge on any atom is -0.273 e. The van der Waals surface area contributed by atoms with E-state index in [9.17, 15) is 14.4 Å². The molecular weight excluding hydrogens is 424 g/mol. The molecule has 0 radical (unpaired) electrons. The van der Waals surface area contributed by atoms with Crippen molar-refractivity contribution >= 4 is 29.6 Å². The average molecular weight is 453 g/mol. The number of carbonyl (C=O) groups excluding carboxylic acids is 3. The largest absolute Gasteiger partial charge is 0.335 e. The molecule has 4 saturated carbocycles. The molecule has 1 N–H and O–H groups in total. The Bertz CT molecular complexity index is 1170. The van der Waals surface area contributed by atoms with E-state index in [1.54, 1.807) is 6.08 Å². The van der Waals surface area contributed by atoms with Crippen molar-refractivity contribution in [2.75, 3.05) is 4.90 Å². The lowest BCUT2D eigenvalue weighted by atomic mass is 9.48. The highest BCUT2D eigenvalue weighted by atomic mass is 16.2. The number of rotatable bonds is 4. The number of barbiturate groups is 1. The number of hydrogen-bond donors (Lipinski definition) is 1. The van der Waals surface area contributed by atoms with E-state index in [1.165, 1.54) is 50.2 Å². The number of hydrogen-bond acceptors (Lipinski definition) is 3. The third-order valence-electron chi connectivity index (χ3n) is 8.23. The summed E-state index contributed by atoms with van der Waals surface area (Å²) in [5.74, 6) is 1.28. The molecule has 1 aliphatic heterocycles. The number of imide groups is 2. The van der Waals surface area contributed by atoms with Gasteiger partial charge >= 0.3 is 6.03 Å². The summed E-state index contributed by atoms with van der Waals surface area (Å²) in [6.45, 7) is 0. The fourth-order valence-corrected chi connectivity index (χ4v) is 7.16. The third kappa shape index (κ3) is 3.60. The maximum absolute atomic E-state index is 13.1. The molecule has 4 amide bonds. The van der Waals surface area contributed by atoms with Gasteiger partial charge in [-0.15, -0.1) is 0 Å². The van der Waals surface area contributed by atoms with Gasteiger partial charge < -0.3 is 0 Å². The summed E-state index contributed by atoms with van der Waals surface area (Å²) in [5.41, 5.74) is 2.97. The van der Waals surface area contributed by atoms with E-state index < -0.39 is 17.8 Å². The van der Waals surface area contributed by atoms with Gasteiger partial charge in [-0.3, -0.25) is 14.9 Å². The highest BCUT2D eigenvalue weighted by Crippen LogP contribution is 2.60. The highest BCUT2D eigenvalue weighted by Gasteiger charge is 2.51. The van der Waals surface area contributed by atoms with Crippen molar-refractivity contribution in [2.45, 2.75) is 43.9 Å². The van der Waals surface area contributed by atoms with Crippen LogP contribution < -0.4 is 10.2 Å². The lowest BCUT2D eigenvalue weighted by molar-refractivity contribution is -0.122. The molecule has 5 nitrogen and oxygen atoms in total. The number of amides is 4. The first kappa shape index (κ1) is 21.1. The fourth-order valence-electron chi connectivity index (χ4n) is 7.16. The molecule has 0 aromatic heterocycles. The molecule has 1 heterocycles. The summed E-state index contributed by atoms with van der Waals surface area (Å²) in [6, 6.07) is 16.8. The van der Waals surface area contributed by atoms with Crippen LogP contribution in [0.4, 0.5) is 10.5 Å². The summed E-state index contributed by atoms with van der Waals surface area (Å²) >= 11 is 0. The zero-order chi connectivity index (χ0) is 23.3. The van der Waals surface area contributed by atoms with E-state index >= 15 is 0 Å². The Hall–Kier alpha value is -3.47. The molecule has 7 rings (SSSR count). The molecule has 1 saturated heterocycles. The van der Waals surface area contributed by atoms with Crippen molar-refractivity contribution in [3.8, 4) is 0 Å². The van der Waals surface area contributed by atoms with Crippen LogP contribution in [-0.2, 0) is 15.0 Å². The molecule has 4 aliphatic carbocycles. The normalized spacial score (nSPS) is 31.5. The predicted molar refractivity (Wildman–Crippen MR) is 131 cm³/mol. The molecule has 5 heteroatoms. The molecule has 4 bridgehead atoms. The maximum atomic E-state index is 13.1. The van der Waals surface area contributed by atoms with Gasteiger partial charge in [0.25, 0.3) is 11.8 Å². The van der Waals surface area contributed by atoms with E-state index in [-0.39, 0.29) is 11.0 Å². The molecule has 172 valence electrons. The van der Waals surface area contributed by atoms with Crippen LogP contribution in [0.15, 0.2) is 72.3 Å². The number of carbonyl (C=O) groups is 3. The van der Waals surface area contributed by atoms with E-state index in [1.807, 2.05) is 48.5 Å². The van der Waals surface area contributed by atoms with Crippen molar-refractivity contribution in [1.82, 2.24) is 5.32 Å². The molecule has 2 aromatic rings. The lowest BCUT2D eigenvalue weighted by Gasteiger charge is -2.57. The Labute approximate surface area is 199 Å². The van der Waals surface area contributed by atoms with Gasteiger partial charge in [0.05, 0.1) is 5.69 Å². The first-order chi connectivity index (χ1) is 16.5. The zero-order valence-electron chi connectivity index (χ0n) is 19.1. The van der Waals surface area contributed by atoms with Gasteiger partial charge in [0, 0.05) is 0 Å². The number of urea groups is 1. The summed E-state index contributed by atoms with van der Waals surface area (Å²) in [4.78, 5) is 39.2. The van der Waals surface area contributed by atoms with E-state index in [4.69, 9.17) is 0 Å². The van der Waals surface area contributed by atoms with Gasteiger partial charge in [-0.1, -0.05) is 54.6 Å². The van der Waals surface area contributed by atoms with Crippen LogP contribution in [0.3, 0.4) is 0 Å². The van der Waals surface area contributed by atoms with Gasteiger partial charge in [-0.05, 0) is 91.0 Å². The number of nitrogens with one attached hydrogen (secondary N) is 1. The molecule has 34 heavy (non-hydrogen) atoms. The first-order valence-electron chi connectivity index (χ1n) is 12.2. The second-order valence-electron chi connectivity index (χ2n) is 10.5. The van der Waals surface area contributed by atoms with Crippen molar-refractivity contribution < 1.29 is 14.4 Å². The third-order valence-corrected chi connectivity index (χ3v) is 8.23. The number of allylic oxidation sites excluding steroid dienone is 2. The zero-order valence-corrected chi connectivity index (χ0v) is 19.1. The molecular formula is C29H28N2O3. The molecule has 0 spiro atoms. The number of anilines is 1. The second-order valence-corrected chi connectivity index (χ2v) is 10.5. The molecule has 0 atom stereocenters. The second kappa shape index (κ2) is 8.08. The van der Waals surface area contributed by atoms with Gasteiger partial charge in [0.2, 0.25) is 0 Å². The Morgan fingerprint density at radius 1 is 0.824 bits per heavy atom. The monoisotopic (exact) mass is 452 g/mol. The number of nitrogens with zero attached hydrogens (tertiary/aromatic N) is 1. The van der Waals surface area contributed by atoms with Crippen LogP contribution >= 0.6 is 0 Å². The summed E-state index contributed by atoms with van der Waals surface area (Å²) in [5, 5.41) is 2.31. The molecule has 5 fully saturated rings. The molecule has 5 aliphatic rings. The van der Waals surface area contributed by atoms with E-state index in [0.29, 0.717) is 5.69 Å². The summed E-state index contributed by atoms with van der Waals surface area (Å²) in [7, 11) is 0. The SMILES string of the molecule is O=C1NC(=O)N(c2ccc(C34CC5CC(CC(C5)C3)C4)cc2)C(=O)/C1=C/C=C/c1ccccc1. The minimum absolute atomic E-state index is 0.0584. The van der Waals surface area contributed by atoms with Crippen LogP contribution in [0.1, 0.15) is 49.7 Å². The summed E-state index contributed by atoms with van der Waals surface area (Å²) in [6.07, 6.45) is 12.9. The fraction of sp³-hybridized carbons (Fsp3) is 0.345. The van der Waals surface area contributed by atoms with Crippen molar-refractivity contribution in [1.29, 1.82) is 0 Å². The van der Waals surface area contributed by atoms with Crippen LogP contribution in [0.5, 0.6) is 0 Å². The smallest absolute Gasteiger partial charge is 0.273 e. The Morgan fingerprint density at radius 3 is 2.06 bits per heavy atom. The Morgan fingerprint density at radius 2 is 1.44 bits per heavy atom. The van der Waals surface area contributed by atoms with Crippen LogP contribution in [0, 0.1) is 17.8 Å². The van der Waals surface area contributed by atoms with Gasteiger partial charge in [0.1, 0.15) is 5.57 Å². The quantitative estimate of drug-likeness (QED) is 0.501. The summed E-state index contributed by atoms with van der Waals surface area (Å²) < 4.78 is 0. The topological polar surface area (TPSA) is 66.5 Å². The Kier molecular flexibility index (Phi) is 5.01. The van der Waals surface area contributed by atoms with Gasteiger partial charge in [-0.2, -0.15) is 0 Å². The van der Waals surface area contributed by atoms with Crippen molar-refractivity contribution in [3.05, 3.63) is 83.4 Å². The standard InChI is InChI=1S/C29H28N2O3/c32-26-25(8-4-7-19-5-2-1-3-6-19)27(33)31(28(34)30-26)24-11-9-23(10-12-24)29-16-20-13-21(17-29)15-22(14-20)18-29/h1-12,20-22H,13-18H2,(H,30,32,34)/b7-4+,25-8+. The van der Waals surface area contributed by atoms with Crippen molar-refractivity contribution in [3.63, 3.8) is 0 Å². The minimum atomic E-state index is -0.707. The molecule has 0 unspecified atom stereocenters. The molecule has 2 aromatic carbocycles. The first-order valence-corrected chi connectivity index (χ1v) is 12.2.